The van der Waals surface area contributed by atoms with Gasteiger partial charge in [0.2, 0.25) is 0 Å². The number of nitrogens with one attached hydrogen (secondary N) is 1. The molecule has 104 valence electrons. The van der Waals surface area contributed by atoms with E-state index in [4.69, 9.17) is 11.6 Å². The monoisotopic (exact) mass is 277 g/mol. The highest BCUT2D eigenvalue weighted by atomic mass is 35.5. The van der Waals surface area contributed by atoms with Gasteiger partial charge in [-0.15, -0.1) is 0 Å². The summed E-state index contributed by atoms with van der Waals surface area (Å²) in [6.07, 6.45) is 8.87. The van der Waals surface area contributed by atoms with E-state index in [0.717, 1.165) is 11.6 Å². The highest BCUT2D eigenvalue weighted by Gasteiger charge is 2.18. The second kappa shape index (κ2) is 7.12. The number of hydrogen-bond acceptors (Lipinski definition) is 1. The van der Waals surface area contributed by atoms with Gasteiger partial charge in [0, 0.05) is 5.02 Å². The van der Waals surface area contributed by atoms with Gasteiger partial charge in [-0.1, -0.05) is 42.7 Å². The van der Waals surface area contributed by atoms with Crippen LogP contribution in [0.25, 0.3) is 0 Å². The largest absolute Gasteiger partial charge is 0.307 e. The van der Waals surface area contributed by atoms with Crippen molar-refractivity contribution < 1.29 is 0 Å². The van der Waals surface area contributed by atoms with E-state index in [-0.39, 0.29) is 0 Å². The molecule has 1 aliphatic rings. The zero-order valence-corrected chi connectivity index (χ0v) is 12.8. The summed E-state index contributed by atoms with van der Waals surface area (Å²) in [5, 5.41) is 4.47. The molecule has 2 heteroatoms. The lowest BCUT2D eigenvalue weighted by Gasteiger charge is -2.23. The number of halogens is 1. The zero-order chi connectivity index (χ0) is 13.7. The number of aryl methyl sites for hydroxylation is 1. The lowest BCUT2D eigenvalue weighted by atomic mass is 9.92. The second-order valence-corrected chi connectivity index (χ2v) is 5.81. The first-order valence-electron chi connectivity index (χ1n) is 7.40. The summed E-state index contributed by atoms with van der Waals surface area (Å²) >= 11 is 6.18. The molecule has 1 atom stereocenters. The van der Waals surface area contributed by atoms with Gasteiger partial charge in [-0.2, -0.15) is 0 Å². The Kier molecular flexibility index (Phi) is 5.47. The van der Waals surface area contributed by atoms with Gasteiger partial charge in [0.05, 0.1) is 6.04 Å². The molecule has 0 bridgehead atoms. The molecule has 0 heterocycles. The van der Waals surface area contributed by atoms with E-state index in [9.17, 15) is 0 Å². The number of rotatable bonds is 4. The molecule has 0 aliphatic heterocycles. The van der Waals surface area contributed by atoms with Crippen LogP contribution in [0, 0.1) is 6.92 Å². The first-order valence-corrected chi connectivity index (χ1v) is 7.78. The lowest BCUT2D eigenvalue weighted by Crippen LogP contribution is -2.23. The van der Waals surface area contributed by atoms with Gasteiger partial charge in [0.1, 0.15) is 0 Å². The standard InChI is InChI=1S/C17H24ClN/c1-3-19-17(14-8-6-4-5-7-9-14)16-12-15(18)11-10-13(16)2/h8,10-12,17,19H,3-7,9H2,1-2H3. The van der Waals surface area contributed by atoms with Crippen molar-refractivity contribution in [2.24, 2.45) is 0 Å². The Morgan fingerprint density at radius 3 is 2.89 bits per heavy atom. The van der Waals surface area contributed by atoms with Crippen LogP contribution in [0.5, 0.6) is 0 Å². The molecule has 0 radical (unpaired) electrons. The van der Waals surface area contributed by atoms with E-state index >= 15 is 0 Å². The van der Waals surface area contributed by atoms with Crippen molar-refractivity contribution in [2.45, 2.75) is 52.0 Å². The highest BCUT2D eigenvalue weighted by Crippen LogP contribution is 2.32. The molecule has 1 nitrogen and oxygen atoms in total. The average Bonchev–Trinajstić information content (AvgIpc) is 2.68. The normalized spacial score (nSPS) is 17.7. The first-order chi connectivity index (χ1) is 9.22. The van der Waals surface area contributed by atoms with Gasteiger partial charge in [0.25, 0.3) is 0 Å². The third kappa shape index (κ3) is 3.84. The Labute approximate surface area is 122 Å². The number of hydrogen-bond donors (Lipinski definition) is 1. The minimum absolute atomic E-state index is 0.335. The van der Waals surface area contributed by atoms with Crippen LogP contribution >= 0.6 is 11.6 Å². The molecule has 1 aromatic rings. The fraction of sp³-hybridized carbons (Fsp3) is 0.529. The zero-order valence-electron chi connectivity index (χ0n) is 12.0. The molecule has 0 saturated heterocycles. The number of likely N-dealkylation sites (N-methyl/N-ethyl adjacent to an activating group) is 1. The first kappa shape index (κ1) is 14.6. The van der Waals surface area contributed by atoms with Crippen LogP contribution in [0.4, 0.5) is 0 Å². The maximum absolute atomic E-state index is 6.18. The second-order valence-electron chi connectivity index (χ2n) is 5.37. The van der Waals surface area contributed by atoms with Crippen molar-refractivity contribution in [3.8, 4) is 0 Å². The molecule has 1 unspecified atom stereocenters. The van der Waals surface area contributed by atoms with Crippen molar-refractivity contribution in [2.75, 3.05) is 6.54 Å². The van der Waals surface area contributed by atoms with Crippen molar-refractivity contribution in [3.63, 3.8) is 0 Å². The minimum atomic E-state index is 0.335. The Bertz CT molecular complexity index is 451. The predicted molar refractivity (Wildman–Crippen MR) is 83.8 cm³/mol. The summed E-state index contributed by atoms with van der Waals surface area (Å²) in [6.45, 7) is 5.32. The summed E-state index contributed by atoms with van der Waals surface area (Å²) in [6, 6.07) is 6.56. The molecule has 0 fully saturated rings. The molecular formula is C17H24ClN. The number of benzene rings is 1. The molecule has 1 N–H and O–H groups in total. The van der Waals surface area contributed by atoms with Gasteiger partial charge in [-0.3, -0.25) is 0 Å². The molecule has 0 amide bonds. The molecule has 0 spiro atoms. The average molecular weight is 278 g/mol. The fourth-order valence-corrected chi connectivity index (χ4v) is 3.05. The van der Waals surface area contributed by atoms with Gasteiger partial charge in [0.15, 0.2) is 0 Å². The lowest BCUT2D eigenvalue weighted by molar-refractivity contribution is 0.587. The van der Waals surface area contributed by atoms with Gasteiger partial charge >= 0.3 is 0 Å². The molecule has 0 saturated carbocycles. The summed E-state index contributed by atoms with van der Waals surface area (Å²) in [5.41, 5.74) is 4.20. The van der Waals surface area contributed by atoms with Gasteiger partial charge < -0.3 is 5.32 Å². The Morgan fingerprint density at radius 1 is 1.26 bits per heavy atom. The summed E-state index contributed by atoms with van der Waals surface area (Å²) in [4.78, 5) is 0. The van der Waals surface area contributed by atoms with Crippen LogP contribution < -0.4 is 5.32 Å². The SMILES string of the molecule is CCNC(C1=CCCCCC1)c1cc(Cl)ccc1C. The summed E-state index contributed by atoms with van der Waals surface area (Å²) < 4.78 is 0. The van der Waals surface area contributed by atoms with E-state index in [2.05, 4.69) is 37.4 Å². The maximum Gasteiger partial charge on any atom is 0.0539 e. The topological polar surface area (TPSA) is 12.0 Å². The Balaban J connectivity index is 2.32. The van der Waals surface area contributed by atoms with E-state index < -0.39 is 0 Å². The van der Waals surface area contributed by atoms with Crippen LogP contribution in [-0.4, -0.2) is 6.54 Å². The minimum Gasteiger partial charge on any atom is -0.307 e. The third-order valence-electron chi connectivity index (χ3n) is 3.91. The molecular weight excluding hydrogens is 254 g/mol. The molecule has 0 aromatic heterocycles. The van der Waals surface area contributed by atoms with Crippen molar-refractivity contribution in [3.05, 3.63) is 46.0 Å². The smallest absolute Gasteiger partial charge is 0.0539 e. The highest BCUT2D eigenvalue weighted by molar-refractivity contribution is 6.30. The van der Waals surface area contributed by atoms with Gasteiger partial charge in [-0.05, 0) is 62.4 Å². The maximum atomic E-state index is 6.18. The molecule has 1 aromatic carbocycles. The molecule has 2 rings (SSSR count). The third-order valence-corrected chi connectivity index (χ3v) is 4.14. The number of allylic oxidation sites excluding steroid dienone is 1. The molecule has 19 heavy (non-hydrogen) atoms. The van der Waals surface area contributed by atoms with Crippen LogP contribution in [-0.2, 0) is 0 Å². The Morgan fingerprint density at radius 2 is 2.11 bits per heavy atom. The Hall–Kier alpha value is -0.790. The van der Waals surface area contributed by atoms with Crippen LogP contribution in [0.1, 0.15) is 56.2 Å². The quantitative estimate of drug-likeness (QED) is 0.747. The van der Waals surface area contributed by atoms with Crippen LogP contribution in [0.2, 0.25) is 5.02 Å². The van der Waals surface area contributed by atoms with E-state index in [1.807, 2.05) is 6.07 Å². The van der Waals surface area contributed by atoms with E-state index in [0.29, 0.717) is 6.04 Å². The van der Waals surface area contributed by atoms with Crippen LogP contribution in [0.3, 0.4) is 0 Å². The summed E-state index contributed by atoms with van der Waals surface area (Å²) in [7, 11) is 0. The van der Waals surface area contributed by atoms with E-state index in [1.54, 1.807) is 5.57 Å². The fourth-order valence-electron chi connectivity index (χ4n) is 2.87. The van der Waals surface area contributed by atoms with Crippen molar-refractivity contribution in [1.82, 2.24) is 5.32 Å². The summed E-state index contributed by atoms with van der Waals surface area (Å²) in [5.74, 6) is 0. The van der Waals surface area contributed by atoms with Crippen LogP contribution in [0.15, 0.2) is 29.8 Å². The predicted octanol–water partition coefficient (Wildman–Crippen LogP) is 5.19. The molecule has 1 aliphatic carbocycles. The van der Waals surface area contributed by atoms with Crippen molar-refractivity contribution >= 4 is 11.6 Å². The van der Waals surface area contributed by atoms with E-state index in [1.165, 1.54) is 43.2 Å². The van der Waals surface area contributed by atoms with Crippen molar-refractivity contribution in [1.29, 1.82) is 0 Å². The van der Waals surface area contributed by atoms with Gasteiger partial charge in [-0.25, -0.2) is 0 Å².